The first kappa shape index (κ1) is 14.0. The van der Waals surface area contributed by atoms with E-state index in [1.165, 1.54) is 11.3 Å². The Morgan fingerprint density at radius 1 is 1.43 bits per heavy atom. The van der Waals surface area contributed by atoms with E-state index in [-0.39, 0.29) is 11.5 Å². The summed E-state index contributed by atoms with van der Waals surface area (Å²) in [6.07, 6.45) is 1.79. The van der Waals surface area contributed by atoms with Crippen LogP contribution in [-0.2, 0) is 6.54 Å². The molecule has 3 heterocycles. The number of amides is 1. The number of aromatic nitrogens is 1. The van der Waals surface area contributed by atoms with Crippen LogP contribution < -0.4 is 16.8 Å². The third-order valence-corrected chi connectivity index (χ3v) is 5.28. The maximum atomic E-state index is 12.4. The van der Waals surface area contributed by atoms with E-state index in [1.54, 1.807) is 28.2 Å². The largest absolute Gasteiger partial charge is 0.310 e. The summed E-state index contributed by atoms with van der Waals surface area (Å²) in [5.41, 5.74) is 3.07. The number of aryl methyl sites for hydroxylation is 1. The fraction of sp³-hybridized carbons (Fsp3) is 0.143. The van der Waals surface area contributed by atoms with Gasteiger partial charge >= 0.3 is 0 Å². The van der Waals surface area contributed by atoms with Crippen LogP contribution >= 0.6 is 22.7 Å². The molecule has 108 valence electrons. The van der Waals surface area contributed by atoms with Gasteiger partial charge in [-0.1, -0.05) is 0 Å². The minimum atomic E-state index is -0.310. The van der Waals surface area contributed by atoms with E-state index in [1.807, 2.05) is 24.4 Å². The fourth-order valence-corrected chi connectivity index (χ4v) is 3.88. The first-order valence-electron chi connectivity index (χ1n) is 6.27. The Bertz CT molecular complexity index is 876. The molecule has 1 amide bonds. The Morgan fingerprint density at radius 3 is 3.00 bits per heavy atom. The summed E-state index contributed by atoms with van der Waals surface area (Å²) in [7, 11) is 0. The van der Waals surface area contributed by atoms with E-state index in [0.29, 0.717) is 11.4 Å². The number of carbonyl (C=O) groups excluding carboxylic acids is 1. The van der Waals surface area contributed by atoms with Crippen molar-refractivity contribution in [3.8, 4) is 0 Å². The highest BCUT2D eigenvalue weighted by Crippen LogP contribution is 2.23. The molecule has 0 aliphatic carbocycles. The van der Waals surface area contributed by atoms with E-state index in [2.05, 4.69) is 5.43 Å². The molecule has 0 aliphatic rings. The molecule has 0 saturated heterocycles. The van der Waals surface area contributed by atoms with Gasteiger partial charge in [0, 0.05) is 15.8 Å². The maximum absolute atomic E-state index is 12.4. The molecule has 5 nitrogen and oxygen atoms in total. The second kappa shape index (κ2) is 5.44. The fourth-order valence-electron chi connectivity index (χ4n) is 2.17. The molecule has 3 rings (SSSR count). The Balaban J connectivity index is 1.98. The predicted octanol–water partition coefficient (Wildman–Crippen LogP) is 2.08. The Hall–Kier alpha value is -1.96. The number of hydrogen-bond donors (Lipinski definition) is 2. The molecule has 0 fully saturated rings. The Kier molecular flexibility index (Phi) is 3.62. The van der Waals surface area contributed by atoms with Gasteiger partial charge in [0.15, 0.2) is 0 Å². The molecule has 0 aliphatic heterocycles. The number of nitrogens with one attached hydrogen (secondary N) is 1. The van der Waals surface area contributed by atoms with Crippen LogP contribution in [-0.4, -0.2) is 10.5 Å². The number of fused-ring (bicyclic) bond motifs is 1. The number of hydrogen-bond acceptors (Lipinski definition) is 5. The van der Waals surface area contributed by atoms with Gasteiger partial charge in [-0.15, -0.1) is 22.7 Å². The van der Waals surface area contributed by atoms with E-state index in [9.17, 15) is 9.59 Å². The topological polar surface area (TPSA) is 77.1 Å². The number of carbonyl (C=O) groups is 1. The third-order valence-electron chi connectivity index (χ3n) is 3.31. The Labute approximate surface area is 128 Å². The van der Waals surface area contributed by atoms with Gasteiger partial charge in [-0.05, 0) is 36.1 Å². The lowest BCUT2D eigenvalue weighted by molar-refractivity contribution is 0.0957. The van der Waals surface area contributed by atoms with Crippen LogP contribution in [0.2, 0.25) is 0 Å². The predicted molar refractivity (Wildman–Crippen MR) is 85.9 cm³/mol. The second-order valence-corrected chi connectivity index (χ2v) is 6.82. The SMILES string of the molecule is Cc1sc(C(=O)NN)cc1Cn1ccc2sccc2c1=O. The van der Waals surface area contributed by atoms with Crippen LogP contribution in [0, 0.1) is 6.92 Å². The highest BCUT2D eigenvalue weighted by atomic mass is 32.1. The van der Waals surface area contributed by atoms with Crippen LogP contribution in [0.25, 0.3) is 10.1 Å². The molecule has 7 heteroatoms. The van der Waals surface area contributed by atoms with Crippen LogP contribution in [0.4, 0.5) is 0 Å². The molecule has 0 bridgehead atoms. The summed E-state index contributed by atoms with van der Waals surface area (Å²) in [6.45, 7) is 2.38. The first-order chi connectivity index (χ1) is 10.1. The average Bonchev–Trinajstić information content (AvgIpc) is 3.09. The molecule has 0 saturated carbocycles. The third kappa shape index (κ3) is 2.51. The quantitative estimate of drug-likeness (QED) is 0.441. The summed E-state index contributed by atoms with van der Waals surface area (Å²) in [5.74, 6) is 4.83. The van der Waals surface area contributed by atoms with E-state index in [0.717, 1.165) is 20.5 Å². The van der Waals surface area contributed by atoms with Crippen LogP contribution in [0.1, 0.15) is 20.1 Å². The lowest BCUT2D eigenvalue weighted by atomic mass is 10.2. The monoisotopic (exact) mass is 319 g/mol. The maximum Gasteiger partial charge on any atom is 0.275 e. The number of rotatable bonds is 3. The summed E-state index contributed by atoms with van der Waals surface area (Å²) in [6, 6.07) is 5.57. The van der Waals surface area contributed by atoms with Gasteiger partial charge in [0.05, 0.1) is 16.8 Å². The number of hydrazine groups is 1. The van der Waals surface area contributed by atoms with Gasteiger partial charge in [-0.2, -0.15) is 0 Å². The lowest BCUT2D eigenvalue weighted by Crippen LogP contribution is -2.29. The molecule has 0 aromatic carbocycles. The zero-order chi connectivity index (χ0) is 15.0. The number of nitrogens with zero attached hydrogens (tertiary/aromatic N) is 1. The van der Waals surface area contributed by atoms with Crippen LogP contribution in [0.5, 0.6) is 0 Å². The van der Waals surface area contributed by atoms with Gasteiger partial charge in [0.2, 0.25) is 0 Å². The van der Waals surface area contributed by atoms with E-state index < -0.39 is 0 Å². The van der Waals surface area contributed by atoms with Crippen LogP contribution in [0.15, 0.2) is 34.6 Å². The van der Waals surface area contributed by atoms with Gasteiger partial charge in [-0.3, -0.25) is 15.0 Å². The summed E-state index contributed by atoms with van der Waals surface area (Å²) in [4.78, 5) is 25.5. The van der Waals surface area contributed by atoms with Gasteiger partial charge in [-0.25, -0.2) is 5.84 Å². The molecule has 0 unspecified atom stereocenters. The minimum Gasteiger partial charge on any atom is -0.310 e. The number of thiophene rings is 2. The van der Waals surface area contributed by atoms with E-state index >= 15 is 0 Å². The standard InChI is InChI=1S/C14H13N3O2S2/c1-8-9(6-12(21-8)13(18)16-15)7-17-4-2-11-10(14(17)19)3-5-20-11/h2-6H,7,15H2,1H3,(H,16,18). The van der Waals surface area contributed by atoms with Crippen molar-refractivity contribution in [1.82, 2.24) is 9.99 Å². The summed E-state index contributed by atoms with van der Waals surface area (Å²) in [5, 5.41) is 2.64. The molecule has 3 aromatic heterocycles. The van der Waals surface area contributed by atoms with Crippen molar-refractivity contribution in [2.45, 2.75) is 13.5 Å². The smallest absolute Gasteiger partial charge is 0.275 e. The van der Waals surface area contributed by atoms with Crippen LogP contribution in [0.3, 0.4) is 0 Å². The molecular formula is C14H13N3O2S2. The van der Waals surface area contributed by atoms with Crippen molar-refractivity contribution < 1.29 is 4.79 Å². The number of nitrogens with two attached hydrogens (primary N) is 1. The Morgan fingerprint density at radius 2 is 2.24 bits per heavy atom. The molecular weight excluding hydrogens is 306 g/mol. The number of nitrogen functional groups attached to an aromatic ring is 1. The van der Waals surface area contributed by atoms with Crippen molar-refractivity contribution in [3.05, 3.63) is 55.4 Å². The van der Waals surface area contributed by atoms with Gasteiger partial charge in [0.1, 0.15) is 0 Å². The van der Waals surface area contributed by atoms with Crippen molar-refractivity contribution in [3.63, 3.8) is 0 Å². The highest BCUT2D eigenvalue weighted by Gasteiger charge is 2.12. The first-order valence-corrected chi connectivity index (χ1v) is 7.96. The zero-order valence-corrected chi connectivity index (χ0v) is 12.9. The second-order valence-electron chi connectivity index (χ2n) is 4.61. The average molecular weight is 319 g/mol. The summed E-state index contributed by atoms with van der Waals surface area (Å²) >= 11 is 2.92. The summed E-state index contributed by atoms with van der Waals surface area (Å²) < 4.78 is 2.65. The normalized spacial score (nSPS) is 11.0. The lowest BCUT2D eigenvalue weighted by Gasteiger charge is -2.05. The van der Waals surface area contributed by atoms with Crippen molar-refractivity contribution >= 4 is 38.7 Å². The number of pyridine rings is 1. The van der Waals surface area contributed by atoms with Crippen molar-refractivity contribution in [1.29, 1.82) is 0 Å². The van der Waals surface area contributed by atoms with E-state index in [4.69, 9.17) is 5.84 Å². The zero-order valence-electron chi connectivity index (χ0n) is 11.3. The highest BCUT2D eigenvalue weighted by molar-refractivity contribution is 7.17. The van der Waals surface area contributed by atoms with Gasteiger partial charge in [0.25, 0.3) is 11.5 Å². The molecule has 0 spiro atoms. The molecule has 3 N–H and O–H groups in total. The van der Waals surface area contributed by atoms with Crippen molar-refractivity contribution in [2.75, 3.05) is 0 Å². The molecule has 0 atom stereocenters. The van der Waals surface area contributed by atoms with Crippen molar-refractivity contribution in [2.24, 2.45) is 5.84 Å². The van der Waals surface area contributed by atoms with Gasteiger partial charge < -0.3 is 4.57 Å². The molecule has 0 radical (unpaired) electrons. The minimum absolute atomic E-state index is 0.0100. The molecule has 3 aromatic rings. The molecule has 21 heavy (non-hydrogen) atoms.